The van der Waals surface area contributed by atoms with Crippen molar-refractivity contribution in [3.63, 3.8) is 0 Å². The SMILES string of the molecule is O=c1ccn([C@@H]2O[C@H](COC(c3ccccc3)(c3ccccc3)c3ccccc3)[C@@H](O)[C@H]2O)c(=O)n1COCc1ccccc1. The highest BCUT2D eigenvalue weighted by atomic mass is 16.6. The van der Waals surface area contributed by atoms with Crippen LogP contribution in [0.2, 0.25) is 0 Å². The van der Waals surface area contributed by atoms with Crippen molar-refractivity contribution in [2.75, 3.05) is 6.61 Å². The molecule has 1 fully saturated rings. The summed E-state index contributed by atoms with van der Waals surface area (Å²) < 4.78 is 20.5. The summed E-state index contributed by atoms with van der Waals surface area (Å²) in [6.45, 7) is -0.213. The smallest absolute Gasteiger partial charge is 0.335 e. The standard InChI is InChI=1S/C36H34N2O7/c39-31-21-22-37(35(42)38(31)25-43-23-26-13-5-1-6-14-26)34-33(41)32(40)30(45-34)24-44-36(27-15-7-2-8-16-27,28-17-9-3-10-18-28)29-19-11-4-12-20-29/h1-22,30,32-34,40-41H,23-25H2/t30-,32-,33-,34-/m1/s1. The number of aromatic nitrogens is 2. The Bertz CT molecular complexity index is 1700. The molecule has 0 spiro atoms. The summed E-state index contributed by atoms with van der Waals surface area (Å²) >= 11 is 0. The van der Waals surface area contributed by atoms with Crippen LogP contribution in [0, 0.1) is 0 Å². The Balaban J connectivity index is 1.27. The van der Waals surface area contributed by atoms with Crippen molar-refractivity contribution in [2.45, 2.75) is 43.5 Å². The predicted octanol–water partition coefficient (Wildman–Crippen LogP) is 3.81. The Labute approximate surface area is 260 Å². The normalized spacial score (nSPS) is 19.9. The quantitative estimate of drug-likeness (QED) is 0.220. The Kier molecular flexibility index (Phi) is 9.16. The zero-order valence-electron chi connectivity index (χ0n) is 24.5. The lowest BCUT2D eigenvalue weighted by Gasteiger charge is -2.37. The van der Waals surface area contributed by atoms with Crippen molar-refractivity contribution in [3.8, 4) is 0 Å². The van der Waals surface area contributed by atoms with Gasteiger partial charge in [0.1, 0.15) is 30.6 Å². The fraction of sp³-hybridized carbons (Fsp3) is 0.222. The number of ether oxygens (including phenoxy) is 3. The molecule has 230 valence electrons. The van der Waals surface area contributed by atoms with Gasteiger partial charge in [-0.1, -0.05) is 121 Å². The second kappa shape index (κ2) is 13.6. The van der Waals surface area contributed by atoms with Crippen LogP contribution in [-0.4, -0.2) is 44.3 Å². The molecule has 1 saturated heterocycles. The van der Waals surface area contributed by atoms with E-state index in [4.69, 9.17) is 14.2 Å². The molecular formula is C36H34N2O7. The Morgan fingerprint density at radius 1 is 0.689 bits per heavy atom. The molecule has 2 heterocycles. The molecule has 9 nitrogen and oxygen atoms in total. The Hall–Kier alpha value is -4.64. The molecule has 0 saturated carbocycles. The molecule has 1 aliphatic heterocycles. The summed E-state index contributed by atoms with van der Waals surface area (Å²) in [5.41, 5.74) is 1.12. The molecule has 0 radical (unpaired) electrons. The molecule has 0 amide bonds. The molecule has 2 N–H and O–H groups in total. The molecule has 4 atom stereocenters. The minimum atomic E-state index is -1.47. The van der Waals surface area contributed by atoms with Crippen molar-refractivity contribution in [2.24, 2.45) is 0 Å². The molecule has 4 aromatic carbocycles. The number of hydrogen-bond acceptors (Lipinski definition) is 7. The third kappa shape index (κ3) is 6.17. The van der Waals surface area contributed by atoms with Crippen molar-refractivity contribution >= 4 is 0 Å². The van der Waals surface area contributed by atoms with E-state index in [1.165, 1.54) is 12.3 Å². The highest BCUT2D eigenvalue weighted by Crippen LogP contribution is 2.41. The fourth-order valence-electron chi connectivity index (χ4n) is 5.75. The second-order valence-corrected chi connectivity index (χ2v) is 10.9. The maximum atomic E-state index is 13.4. The summed E-state index contributed by atoms with van der Waals surface area (Å²) in [7, 11) is 0. The average molecular weight is 607 g/mol. The first-order valence-electron chi connectivity index (χ1n) is 14.7. The molecule has 5 aromatic rings. The monoisotopic (exact) mass is 606 g/mol. The lowest BCUT2D eigenvalue weighted by atomic mass is 9.80. The minimum Gasteiger partial charge on any atom is -0.387 e. The van der Waals surface area contributed by atoms with E-state index >= 15 is 0 Å². The largest absolute Gasteiger partial charge is 0.387 e. The molecule has 0 unspecified atom stereocenters. The van der Waals surface area contributed by atoms with E-state index in [-0.39, 0.29) is 19.9 Å². The van der Waals surface area contributed by atoms with Crippen LogP contribution in [0.25, 0.3) is 0 Å². The van der Waals surface area contributed by atoms with Gasteiger partial charge in [-0.3, -0.25) is 9.36 Å². The van der Waals surface area contributed by atoms with Crippen LogP contribution in [0.1, 0.15) is 28.5 Å². The molecule has 45 heavy (non-hydrogen) atoms. The third-order valence-electron chi connectivity index (χ3n) is 8.04. The summed E-state index contributed by atoms with van der Waals surface area (Å²) in [4.78, 5) is 26.0. The van der Waals surface area contributed by atoms with Gasteiger partial charge in [-0.25, -0.2) is 9.36 Å². The van der Waals surface area contributed by atoms with E-state index in [1.807, 2.05) is 121 Å². The summed E-state index contributed by atoms with van der Waals surface area (Å²) in [5.74, 6) is 0. The van der Waals surface area contributed by atoms with Gasteiger partial charge in [0.15, 0.2) is 6.23 Å². The van der Waals surface area contributed by atoms with Gasteiger partial charge in [0.2, 0.25) is 0 Å². The molecule has 6 rings (SSSR count). The maximum absolute atomic E-state index is 13.4. The summed E-state index contributed by atoms with van der Waals surface area (Å²) in [6, 6.07) is 39.8. The van der Waals surface area contributed by atoms with Gasteiger partial charge in [0, 0.05) is 12.3 Å². The van der Waals surface area contributed by atoms with Gasteiger partial charge in [-0.2, -0.15) is 0 Å². The lowest BCUT2D eigenvalue weighted by molar-refractivity contribution is -0.0964. The fourth-order valence-corrected chi connectivity index (χ4v) is 5.75. The Morgan fingerprint density at radius 3 is 1.73 bits per heavy atom. The first-order chi connectivity index (χ1) is 22.0. The van der Waals surface area contributed by atoms with Crippen molar-refractivity contribution in [3.05, 3.63) is 177 Å². The van der Waals surface area contributed by atoms with Crippen molar-refractivity contribution in [1.29, 1.82) is 0 Å². The average Bonchev–Trinajstić information content (AvgIpc) is 3.37. The number of nitrogens with zero attached hydrogens (tertiary/aromatic N) is 2. The first-order valence-corrected chi connectivity index (χ1v) is 14.7. The van der Waals surface area contributed by atoms with Gasteiger partial charge in [0.25, 0.3) is 5.56 Å². The van der Waals surface area contributed by atoms with Crippen LogP contribution in [0.4, 0.5) is 0 Å². The van der Waals surface area contributed by atoms with Gasteiger partial charge >= 0.3 is 5.69 Å². The van der Waals surface area contributed by atoms with Crippen molar-refractivity contribution in [1.82, 2.24) is 9.13 Å². The van der Waals surface area contributed by atoms with Crippen LogP contribution in [0.3, 0.4) is 0 Å². The molecule has 1 aliphatic rings. The zero-order valence-corrected chi connectivity index (χ0v) is 24.5. The highest BCUT2D eigenvalue weighted by Gasteiger charge is 2.46. The number of rotatable bonds is 11. The molecule has 9 heteroatoms. The van der Waals surface area contributed by atoms with Crippen LogP contribution >= 0.6 is 0 Å². The van der Waals surface area contributed by atoms with E-state index in [0.29, 0.717) is 0 Å². The van der Waals surface area contributed by atoms with E-state index < -0.39 is 41.4 Å². The van der Waals surface area contributed by atoms with Gasteiger partial charge < -0.3 is 24.4 Å². The summed E-state index contributed by atoms with van der Waals surface area (Å²) in [6.07, 6.45) is -3.85. The highest BCUT2D eigenvalue weighted by molar-refractivity contribution is 5.47. The predicted molar refractivity (Wildman–Crippen MR) is 167 cm³/mol. The van der Waals surface area contributed by atoms with E-state index in [9.17, 15) is 19.8 Å². The second-order valence-electron chi connectivity index (χ2n) is 10.9. The third-order valence-corrected chi connectivity index (χ3v) is 8.04. The van der Waals surface area contributed by atoms with E-state index in [0.717, 1.165) is 31.4 Å². The van der Waals surface area contributed by atoms with Crippen molar-refractivity contribution < 1.29 is 24.4 Å². The number of benzene rings is 4. The zero-order chi connectivity index (χ0) is 31.2. The van der Waals surface area contributed by atoms with Gasteiger partial charge in [-0.05, 0) is 22.3 Å². The van der Waals surface area contributed by atoms with Crippen LogP contribution in [-0.2, 0) is 33.1 Å². The van der Waals surface area contributed by atoms with E-state index in [1.54, 1.807) is 0 Å². The van der Waals surface area contributed by atoms with Crippen LogP contribution < -0.4 is 11.2 Å². The van der Waals surface area contributed by atoms with Gasteiger partial charge in [0.05, 0.1) is 13.2 Å². The van der Waals surface area contributed by atoms with Gasteiger partial charge in [-0.15, -0.1) is 0 Å². The molecule has 0 aliphatic carbocycles. The topological polar surface area (TPSA) is 112 Å². The van der Waals surface area contributed by atoms with Crippen LogP contribution in [0.15, 0.2) is 143 Å². The first kappa shape index (κ1) is 30.4. The molecular weight excluding hydrogens is 572 g/mol. The number of aliphatic hydroxyl groups is 2. The number of hydrogen-bond donors (Lipinski definition) is 2. The van der Waals surface area contributed by atoms with Crippen LogP contribution in [0.5, 0.6) is 0 Å². The minimum absolute atomic E-state index is 0.123. The summed E-state index contributed by atoms with van der Waals surface area (Å²) in [5, 5.41) is 22.2. The maximum Gasteiger partial charge on any atom is 0.335 e. The lowest BCUT2D eigenvalue weighted by Crippen LogP contribution is -2.43. The van der Waals surface area contributed by atoms with E-state index in [2.05, 4.69) is 0 Å². The Morgan fingerprint density at radius 2 is 1.20 bits per heavy atom. The molecule has 1 aromatic heterocycles. The molecule has 0 bridgehead atoms. The number of aliphatic hydroxyl groups excluding tert-OH is 2.